The first kappa shape index (κ1) is 19.9. The van der Waals surface area contributed by atoms with Crippen LogP contribution in [-0.4, -0.2) is 53.8 Å². The molecule has 2 atom stereocenters. The third kappa shape index (κ3) is 4.89. The lowest BCUT2D eigenvalue weighted by Gasteiger charge is -2.36. The van der Waals surface area contributed by atoms with E-state index >= 15 is 0 Å². The highest BCUT2D eigenvalue weighted by molar-refractivity contribution is 5.84. The van der Waals surface area contributed by atoms with Crippen LogP contribution in [0.15, 0.2) is 18.2 Å². The number of amides is 2. The van der Waals surface area contributed by atoms with Crippen LogP contribution in [0.4, 0.5) is 0 Å². The van der Waals surface area contributed by atoms with E-state index in [4.69, 9.17) is 0 Å². The van der Waals surface area contributed by atoms with Crippen molar-refractivity contribution in [3.05, 3.63) is 34.9 Å². The van der Waals surface area contributed by atoms with Crippen molar-refractivity contribution in [2.75, 3.05) is 26.2 Å². The van der Waals surface area contributed by atoms with Crippen molar-refractivity contribution in [2.24, 2.45) is 0 Å². The molecule has 2 unspecified atom stereocenters. The molecule has 5 nitrogen and oxygen atoms in total. The van der Waals surface area contributed by atoms with Crippen molar-refractivity contribution in [3.63, 3.8) is 0 Å². The van der Waals surface area contributed by atoms with E-state index in [0.717, 1.165) is 57.3 Å². The molecule has 1 aromatic rings. The summed E-state index contributed by atoms with van der Waals surface area (Å²) >= 11 is 0. The highest BCUT2D eigenvalue weighted by Crippen LogP contribution is 2.21. The van der Waals surface area contributed by atoms with Crippen LogP contribution in [0.3, 0.4) is 0 Å². The standard InChI is InChI=1S/C22H33N3O2/c1-16-9-10-19(14-17(16)2)18(3)23-21(26)15-25-13-5-4-8-20(25)22(27)24-11-6-7-12-24/h9-10,14,18,20H,4-8,11-13,15H2,1-3H3,(H,23,26). The van der Waals surface area contributed by atoms with Gasteiger partial charge >= 0.3 is 0 Å². The Balaban J connectivity index is 1.59. The highest BCUT2D eigenvalue weighted by Gasteiger charge is 2.33. The van der Waals surface area contributed by atoms with Gasteiger partial charge in [-0.15, -0.1) is 0 Å². The molecule has 0 radical (unpaired) electrons. The van der Waals surface area contributed by atoms with E-state index in [1.165, 1.54) is 11.1 Å². The second-order valence-electron chi connectivity index (χ2n) is 8.15. The zero-order chi connectivity index (χ0) is 19.4. The van der Waals surface area contributed by atoms with Gasteiger partial charge in [0.05, 0.1) is 18.6 Å². The fourth-order valence-electron chi connectivity index (χ4n) is 4.20. The molecule has 5 heteroatoms. The number of hydrogen-bond acceptors (Lipinski definition) is 3. The fourth-order valence-corrected chi connectivity index (χ4v) is 4.20. The molecule has 2 heterocycles. The quantitative estimate of drug-likeness (QED) is 0.866. The number of piperidine rings is 1. The van der Waals surface area contributed by atoms with E-state index in [1.807, 2.05) is 11.8 Å². The number of aryl methyl sites for hydroxylation is 2. The van der Waals surface area contributed by atoms with Crippen LogP contribution in [0.1, 0.15) is 61.8 Å². The zero-order valence-corrected chi connectivity index (χ0v) is 17.0. The predicted octanol–water partition coefficient (Wildman–Crippen LogP) is 2.96. The summed E-state index contributed by atoms with van der Waals surface area (Å²) in [5.74, 6) is 0.226. The van der Waals surface area contributed by atoms with E-state index in [2.05, 4.69) is 42.3 Å². The molecule has 2 saturated heterocycles. The SMILES string of the molecule is Cc1ccc(C(C)NC(=O)CN2CCCCC2C(=O)N2CCCC2)cc1C. The first-order chi connectivity index (χ1) is 13.0. The normalized spacial score (nSPS) is 21.9. The average Bonchev–Trinajstić information content (AvgIpc) is 3.18. The molecule has 0 bridgehead atoms. The van der Waals surface area contributed by atoms with Crippen LogP contribution >= 0.6 is 0 Å². The number of carbonyl (C=O) groups is 2. The van der Waals surface area contributed by atoms with Crippen LogP contribution in [0.2, 0.25) is 0 Å². The first-order valence-corrected chi connectivity index (χ1v) is 10.3. The number of rotatable bonds is 5. The third-order valence-corrected chi connectivity index (χ3v) is 6.07. The Hall–Kier alpha value is -1.88. The van der Waals surface area contributed by atoms with Gasteiger partial charge in [0.15, 0.2) is 0 Å². The molecule has 0 aromatic heterocycles. The lowest BCUT2D eigenvalue weighted by Crippen LogP contribution is -2.53. The van der Waals surface area contributed by atoms with Gasteiger partial charge < -0.3 is 10.2 Å². The monoisotopic (exact) mass is 371 g/mol. The van der Waals surface area contributed by atoms with E-state index in [0.29, 0.717) is 6.54 Å². The summed E-state index contributed by atoms with van der Waals surface area (Å²) in [4.78, 5) is 29.6. The van der Waals surface area contributed by atoms with Crippen LogP contribution in [0.25, 0.3) is 0 Å². The Morgan fingerprint density at radius 3 is 2.48 bits per heavy atom. The summed E-state index contributed by atoms with van der Waals surface area (Å²) < 4.78 is 0. The summed E-state index contributed by atoms with van der Waals surface area (Å²) in [7, 11) is 0. The van der Waals surface area contributed by atoms with Crippen molar-refractivity contribution >= 4 is 11.8 Å². The van der Waals surface area contributed by atoms with Crippen LogP contribution in [-0.2, 0) is 9.59 Å². The summed E-state index contributed by atoms with van der Waals surface area (Å²) in [6.07, 6.45) is 5.21. The Morgan fingerprint density at radius 1 is 1.07 bits per heavy atom. The summed E-state index contributed by atoms with van der Waals surface area (Å²) in [6.45, 7) is 9.09. The van der Waals surface area contributed by atoms with E-state index in [9.17, 15) is 9.59 Å². The molecular weight excluding hydrogens is 338 g/mol. The zero-order valence-electron chi connectivity index (χ0n) is 17.0. The van der Waals surface area contributed by atoms with Crippen LogP contribution in [0.5, 0.6) is 0 Å². The van der Waals surface area contributed by atoms with Crippen molar-refractivity contribution < 1.29 is 9.59 Å². The third-order valence-electron chi connectivity index (χ3n) is 6.07. The topological polar surface area (TPSA) is 52.7 Å². The van der Waals surface area contributed by atoms with Gasteiger partial charge in [-0.25, -0.2) is 0 Å². The van der Waals surface area contributed by atoms with Gasteiger partial charge in [0.25, 0.3) is 0 Å². The molecule has 2 amide bonds. The molecule has 3 rings (SSSR count). The molecule has 2 aliphatic rings. The lowest BCUT2D eigenvalue weighted by molar-refractivity contribution is -0.138. The molecule has 0 aliphatic carbocycles. The highest BCUT2D eigenvalue weighted by atomic mass is 16.2. The van der Waals surface area contributed by atoms with Gasteiger partial charge in [0, 0.05) is 13.1 Å². The molecule has 2 aliphatic heterocycles. The number of nitrogens with zero attached hydrogens (tertiary/aromatic N) is 2. The Bertz CT molecular complexity index is 682. The molecule has 0 saturated carbocycles. The van der Waals surface area contributed by atoms with Gasteiger partial charge in [-0.3, -0.25) is 14.5 Å². The van der Waals surface area contributed by atoms with Crippen molar-refractivity contribution in [3.8, 4) is 0 Å². The minimum atomic E-state index is -0.125. The molecule has 148 valence electrons. The molecule has 1 aromatic carbocycles. The number of benzene rings is 1. The van der Waals surface area contributed by atoms with Gasteiger partial charge in [-0.05, 0) is 69.7 Å². The maximum atomic E-state index is 12.9. The molecule has 0 spiro atoms. The Kier molecular flexibility index (Phi) is 6.53. The Morgan fingerprint density at radius 2 is 1.78 bits per heavy atom. The summed E-state index contributed by atoms with van der Waals surface area (Å²) in [6, 6.07) is 6.16. The lowest BCUT2D eigenvalue weighted by atomic mass is 10.0. The predicted molar refractivity (Wildman–Crippen MR) is 107 cm³/mol. The van der Waals surface area contributed by atoms with E-state index in [-0.39, 0.29) is 23.9 Å². The largest absolute Gasteiger partial charge is 0.348 e. The smallest absolute Gasteiger partial charge is 0.239 e. The van der Waals surface area contributed by atoms with Crippen molar-refractivity contribution in [1.29, 1.82) is 0 Å². The fraction of sp³-hybridized carbons (Fsp3) is 0.636. The summed E-state index contributed by atoms with van der Waals surface area (Å²) in [5, 5.41) is 3.11. The average molecular weight is 372 g/mol. The number of hydrogen-bond donors (Lipinski definition) is 1. The van der Waals surface area contributed by atoms with Crippen LogP contribution < -0.4 is 5.32 Å². The van der Waals surface area contributed by atoms with Gasteiger partial charge in [-0.1, -0.05) is 24.6 Å². The Labute approximate surface area is 163 Å². The van der Waals surface area contributed by atoms with E-state index < -0.39 is 0 Å². The number of carbonyl (C=O) groups excluding carboxylic acids is 2. The number of nitrogens with one attached hydrogen (secondary N) is 1. The molecule has 2 fully saturated rings. The van der Waals surface area contributed by atoms with E-state index in [1.54, 1.807) is 0 Å². The van der Waals surface area contributed by atoms with Gasteiger partial charge in [0.2, 0.25) is 11.8 Å². The molecular formula is C22H33N3O2. The summed E-state index contributed by atoms with van der Waals surface area (Å²) in [5.41, 5.74) is 3.62. The van der Waals surface area contributed by atoms with Crippen molar-refractivity contribution in [2.45, 2.75) is 65.0 Å². The maximum Gasteiger partial charge on any atom is 0.239 e. The maximum absolute atomic E-state index is 12.9. The minimum Gasteiger partial charge on any atom is -0.348 e. The first-order valence-electron chi connectivity index (χ1n) is 10.3. The van der Waals surface area contributed by atoms with Crippen LogP contribution in [0, 0.1) is 13.8 Å². The molecule has 1 N–H and O–H groups in total. The van der Waals surface area contributed by atoms with Gasteiger partial charge in [0.1, 0.15) is 0 Å². The number of likely N-dealkylation sites (tertiary alicyclic amines) is 2. The van der Waals surface area contributed by atoms with Gasteiger partial charge in [-0.2, -0.15) is 0 Å². The molecule has 27 heavy (non-hydrogen) atoms. The van der Waals surface area contributed by atoms with Crippen molar-refractivity contribution in [1.82, 2.24) is 15.1 Å². The minimum absolute atomic E-state index is 0.00171. The second kappa shape index (κ2) is 8.87. The second-order valence-corrected chi connectivity index (χ2v) is 8.15.